The zero-order chi connectivity index (χ0) is 31.0. The number of hydrogen-bond donors (Lipinski definition) is 4. The Bertz CT molecular complexity index is 993. The highest BCUT2D eigenvalue weighted by molar-refractivity contribution is 5.99. The molecule has 0 heterocycles. The summed E-state index contributed by atoms with van der Waals surface area (Å²) in [5, 5.41) is 26.3. The predicted octanol–water partition coefficient (Wildman–Crippen LogP) is 4.48. The van der Waals surface area contributed by atoms with Crippen LogP contribution in [0.1, 0.15) is 88.4 Å². The molecule has 0 saturated carbocycles. The molecule has 8 nitrogen and oxygen atoms in total. The Morgan fingerprint density at radius 1 is 1.10 bits per heavy atom. The van der Waals surface area contributed by atoms with Crippen LogP contribution in [0.25, 0.3) is 0 Å². The average molecular weight is 568 g/mol. The number of hydrogen-bond acceptors (Lipinski definition) is 5. The summed E-state index contributed by atoms with van der Waals surface area (Å²) in [5.41, 5.74) is -1.31. The lowest BCUT2D eigenvalue weighted by atomic mass is 9.91. The molecule has 0 aliphatic heterocycles. The molecule has 1 rings (SSSR count). The van der Waals surface area contributed by atoms with E-state index in [-0.39, 0.29) is 42.3 Å². The maximum absolute atomic E-state index is 14.5. The average Bonchev–Trinajstić information content (AvgIpc) is 2.89. The van der Waals surface area contributed by atoms with Crippen molar-refractivity contribution in [1.82, 2.24) is 15.5 Å². The molecule has 226 valence electrons. The van der Waals surface area contributed by atoms with E-state index in [1.165, 1.54) is 12.1 Å². The lowest BCUT2D eigenvalue weighted by Gasteiger charge is -2.28. The second-order valence-electron chi connectivity index (χ2n) is 9.82. The van der Waals surface area contributed by atoms with E-state index in [1.54, 1.807) is 30.9 Å². The molecule has 4 N–H and O–H groups in total. The zero-order valence-corrected chi connectivity index (χ0v) is 24.8. The van der Waals surface area contributed by atoms with Crippen molar-refractivity contribution < 1.29 is 33.4 Å². The lowest BCUT2D eigenvalue weighted by Crippen LogP contribution is -2.47. The highest BCUT2D eigenvalue weighted by atomic mass is 19.1. The molecule has 0 aliphatic rings. The number of aliphatic hydroxyl groups is 2. The van der Waals surface area contributed by atoms with Crippen LogP contribution in [-0.4, -0.2) is 75.9 Å². The van der Waals surface area contributed by atoms with Crippen LogP contribution in [0.5, 0.6) is 0 Å². The molecule has 0 aliphatic carbocycles. The molecule has 0 fully saturated rings. The molecule has 0 spiro atoms. The number of benzene rings is 1. The van der Waals surface area contributed by atoms with Crippen molar-refractivity contribution in [3.05, 3.63) is 60.0 Å². The third kappa shape index (κ3) is 12.8. The van der Waals surface area contributed by atoms with Crippen molar-refractivity contribution in [3.63, 3.8) is 0 Å². The van der Waals surface area contributed by atoms with Gasteiger partial charge in [0.15, 0.2) is 0 Å². The Balaban J connectivity index is 0.00000742. The minimum Gasteiger partial charge on any atom is -0.391 e. The monoisotopic (exact) mass is 567 g/mol. The van der Waals surface area contributed by atoms with Crippen molar-refractivity contribution in [2.45, 2.75) is 97.7 Å². The van der Waals surface area contributed by atoms with Gasteiger partial charge in [-0.2, -0.15) is 0 Å². The van der Waals surface area contributed by atoms with Gasteiger partial charge >= 0.3 is 0 Å². The van der Waals surface area contributed by atoms with Crippen LogP contribution >= 0.6 is 0 Å². The van der Waals surface area contributed by atoms with Gasteiger partial charge in [0.1, 0.15) is 11.8 Å². The fourth-order valence-corrected chi connectivity index (χ4v) is 3.96. The van der Waals surface area contributed by atoms with Crippen molar-refractivity contribution in [2.75, 3.05) is 13.1 Å². The largest absolute Gasteiger partial charge is 0.391 e. The summed E-state index contributed by atoms with van der Waals surface area (Å²) in [6.45, 7) is 17.1. The number of alkyl halides is 1. The van der Waals surface area contributed by atoms with E-state index in [2.05, 4.69) is 17.2 Å². The standard InChI is InChI=1S/C28H41F2N3O5.C2H6/c1-7-33(8-2)27(38)21-11-9-10-20(15-21)25(36)32-22(14-19(5)17-28(6,30)12-13-29)23(34)16-24(35)26(37)31-18(3)4;1-2/h9-13,15,18,22-24,34-35H,5,7-8,14,16-17H2,1-4,6H3,(H,31,37)(H,32,36);1-2H3/b13-12+;/t22?,23-,24+,28?;/m0./s1. The zero-order valence-electron chi connectivity index (χ0n) is 24.8. The van der Waals surface area contributed by atoms with Gasteiger partial charge in [0, 0.05) is 43.1 Å². The Labute approximate surface area is 237 Å². The molecule has 0 bridgehead atoms. The maximum Gasteiger partial charge on any atom is 0.253 e. The van der Waals surface area contributed by atoms with Gasteiger partial charge in [0.25, 0.3) is 11.8 Å². The highest BCUT2D eigenvalue weighted by Crippen LogP contribution is 2.25. The van der Waals surface area contributed by atoms with Gasteiger partial charge in [0.2, 0.25) is 5.91 Å². The number of allylic oxidation sites excluding steroid dienone is 1. The smallest absolute Gasteiger partial charge is 0.253 e. The lowest BCUT2D eigenvalue weighted by molar-refractivity contribution is -0.131. The molecular weight excluding hydrogens is 520 g/mol. The van der Waals surface area contributed by atoms with Crippen LogP contribution < -0.4 is 10.6 Å². The molecule has 1 aromatic carbocycles. The Morgan fingerprint density at radius 2 is 1.68 bits per heavy atom. The summed E-state index contributed by atoms with van der Waals surface area (Å²) in [5.74, 6) is -1.55. The first-order valence-corrected chi connectivity index (χ1v) is 13.7. The van der Waals surface area contributed by atoms with Crippen LogP contribution in [0.15, 0.2) is 48.8 Å². The molecule has 2 unspecified atom stereocenters. The number of aliphatic hydroxyl groups excluding tert-OH is 2. The number of rotatable bonds is 15. The quantitative estimate of drug-likeness (QED) is 0.233. The molecule has 0 aromatic heterocycles. The van der Waals surface area contributed by atoms with Gasteiger partial charge in [-0.05, 0) is 65.3 Å². The number of amides is 3. The van der Waals surface area contributed by atoms with Crippen LogP contribution in [0.4, 0.5) is 8.78 Å². The normalized spacial score (nSPS) is 14.8. The fraction of sp³-hybridized carbons (Fsp3) is 0.567. The Morgan fingerprint density at radius 3 is 2.20 bits per heavy atom. The van der Waals surface area contributed by atoms with Crippen molar-refractivity contribution in [3.8, 4) is 0 Å². The molecule has 4 atom stereocenters. The molecular formula is C30H47F2N3O5. The van der Waals surface area contributed by atoms with E-state index < -0.39 is 42.2 Å². The van der Waals surface area contributed by atoms with Crippen LogP contribution in [0, 0.1) is 0 Å². The molecule has 1 aromatic rings. The number of carbonyl (C=O) groups excluding carboxylic acids is 3. The summed E-state index contributed by atoms with van der Waals surface area (Å²) in [6.07, 6.45) is -2.94. The second-order valence-corrected chi connectivity index (χ2v) is 9.82. The van der Waals surface area contributed by atoms with Gasteiger partial charge in [0.05, 0.1) is 18.5 Å². The minimum atomic E-state index is -2.04. The van der Waals surface area contributed by atoms with Crippen LogP contribution in [-0.2, 0) is 4.79 Å². The number of nitrogens with zero attached hydrogens (tertiary/aromatic N) is 1. The molecule has 10 heteroatoms. The van der Waals surface area contributed by atoms with E-state index >= 15 is 0 Å². The first-order valence-electron chi connectivity index (χ1n) is 13.7. The van der Waals surface area contributed by atoms with E-state index in [1.807, 2.05) is 27.7 Å². The van der Waals surface area contributed by atoms with Crippen LogP contribution in [0.3, 0.4) is 0 Å². The SMILES string of the molecule is C=C(CC(NC(=O)c1cccc(C(=O)N(CC)CC)c1)[C@@H](O)C[C@@H](O)C(=O)NC(C)C)CC(C)(F)/C=C/F.CC. The molecule has 40 heavy (non-hydrogen) atoms. The molecule has 0 saturated heterocycles. The Hall–Kier alpha value is -3.11. The van der Waals surface area contributed by atoms with Gasteiger partial charge in [-0.15, -0.1) is 0 Å². The summed E-state index contributed by atoms with van der Waals surface area (Å²) < 4.78 is 27.1. The third-order valence-electron chi connectivity index (χ3n) is 5.92. The summed E-state index contributed by atoms with van der Waals surface area (Å²) in [4.78, 5) is 39.6. The number of halogens is 2. The van der Waals surface area contributed by atoms with Crippen molar-refractivity contribution in [2.24, 2.45) is 0 Å². The third-order valence-corrected chi connectivity index (χ3v) is 5.92. The van der Waals surface area contributed by atoms with Crippen molar-refractivity contribution >= 4 is 17.7 Å². The molecule has 0 radical (unpaired) electrons. The topological polar surface area (TPSA) is 119 Å². The highest BCUT2D eigenvalue weighted by Gasteiger charge is 2.30. The summed E-state index contributed by atoms with van der Waals surface area (Å²) in [6, 6.07) is 4.79. The first kappa shape index (κ1) is 36.9. The van der Waals surface area contributed by atoms with E-state index in [0.29, 0.717) is 18.7 Å². The number of nitrogens with one attached hydrogen (secondary N) is 2. The second kappa shape index (κ2) is 18.3. The summed E-state index contributed by atoms with van der Waals surface area (Å²) in [7, 11) is 0. The first-order chi connectivity index (χ1) is 18.7. The molecule has 3 amide bonds. The number of carbonyl (C=O) groups is 3. The minimum absolute atomic E-state index is 0.0948. The maximum atomic E-state index is 14.5. The van der Waals surface area contributed by atoms with E-state index in [9.17, 15) is 33.4 Å². The van der Waals surface area contributed by atoms with Gasteiger partial charge < -0.3 is 25.7 Å². The van der Waals surface area contributed by atoms with E-state index in [4.69, 9.17) is 0 Å². The van der Waals surface area contributed by atoms with Gasteiger partial charge in [-0.1, -0.05) is 32.1 Å². The van der Waals surface area contributed by atoms with Crippen molar-refractivity contribution in [1.29, 1.82) is 0 Å². The summed E-state index contributed by atoms with van der Waals surface area (Å²) >= 11 is 0. The Kier molecular flexibility index (Phi) is 16.9. The van der Waals surface area contributed by atoms with E-state index in [0.717, 1.165) is 13.0 Å². The van der Waals surface area contributed by atoms with Gasteiger partial charge in [-0.25, -0.2) is 8.78 Å². The van der Waals surface area contributed by atoms with Crippen LogP contribution in [0.2, 0.25) is 0 Å². The fourth-order valence-electron chi connectivity index (χ4n) is 3.96. The predicted molar refractivity (Wildman–Crippen MR) is 154 cm³/mol. The van der Waals surface area contributed by atoms with Gasteiger partial charge in [-0.3, -0.25) is 14.4 Å².